The van der Waals surface area contributed by atoms with E-state index in [9.17, 15) is 40.3 Å². The molecule has 71 heavy (non-hydrogen) atoms. The summed E-state index contributed by atoms with van der Waals surface area (Å²) < 4.78 is 79.9. The average molecular weight is 997 g/mol. The molecule has 364 valence electrons. The zero-order chi connectivity index (χ0) is 50.5. The second-order valence-corrected chi connectivity index (χ2v) is 21.0. The van der Waals surface area contributed by atoms with Crippen molar-refractivity contribution in [2.24, 2.45) is 17.6 Å². The Morgan fingerprint density at radius 3 is 1.45 bits per heavy atom. The summed E-state index contributed by atoms with van der Waals surface area (Å²) in [5.41, 5.74) is 10.6. The van der Waals surface area contributed by atoms with Gasteiger partial charge in [0.1, 0.15) is 11.6 Å². The monoisotopic (exact) mass is 996 g/mol. The molecule has 2 aromatic heterocycles. The fourth-order valence-electron chi connectivity index (χ4n) is 8.32. The Kier molecular flexibility index (Phi) is 14.9. The van der Waals surface area contributed by atoms with Gasteiger partial charge in [-0.3, -0.25) is 14.2 Å². The first-order chi connectivity index (χ1) is 33.9. The van der Waals surface area contributed by atoms with Crippen molar-refractivity contribution in [3.05, 3.63) is 192 Å². The van der Waals surface area contributed by atoms with E-state index in [0.717, 1.165) is 30.9 Å². The fourth-order valence-corrected chi connectivity index (χ4v) is 9.46. The molecule has 0 radical (unpaired) electrons. The lowest BCUT2D eigenvalue weighted by Gasteiger charge is -2.22. The first kappa shape index (κ1) is 49.8. The van der Waals surface area contributed by atoms with E-state index < -0.39 is 38.0 Å². The van der Waals surface area contributed by atoms with Gasteiger partial charge in [-0.25, -0.2) is 40.4 Å². The summed E-state index contributed by atoms with van der Waals surface area (Å²) in [7, 11) is -7.43. The molecule has 2 atom stereocenters. The minimum Gasteiger partial charge on any atom is -0.478 e. The molecule has 2 fully saturated rings. The van der Waals surface area contributed by atoms with Crippen molar-refractivity contribution < 1.29 is 40.3 Å². The van der Waals surface area contributed by atoms with Crippen LogP contribution in [0.25, 0.3) is 44.3 Å². The number of carbonyl (C=O) groups excluding carboxylic acids is 1. The molecule has 13 nitrogen and oxygen atoms in total. The molecule has 0 unspecified atom stereocenters. The molecule has 0 spiro atoms. The predicted octanol–water partition coefficient (Wildman–Crippen LogP) is 10.5. The number of amides is 1. The van der Waals surface area contributed by atoms with Gasteiger partial charge in [0.15, 0.2) is 0 Å². The highest BCUT2D eigenvalue weighted by Gasteiger charge is 2.35. The number of aromatic carboxylic acids is 1. The van der Waals surface area contributed by atoms with Gasteiger partial charge in [-0.05, 0) is 85.0 Å². The second-order valence-electron chi connectivity index (χ2n) is 17.5. The van der Waals surface area contributed by atoms with E-state index in [2.05, 4.69) is 19.7 Å². The van der Waals surface area contributed by atoms with Crippen LogP contribution in [0.15, 0.2) is 158 Å². The number of halogens is 2. The molecule has 8 aromatic rings. The highest BCUT2D eigenvalue weighted by atomic mass is 32.2. The van der Waals surface area contributed by atoms with Crippen LogP contribution >= 0.6 is 0 Å². The van der Waals surface area contributed by atoms with Crippen molar-refractivity contribution in [1.82, 2.24) is 15.3 Å². The van der Waals surface area contributed by atoms with E-state index in [4.69, 9.17) is 10.7 Å². The molecule has 1 amide bonds. The maximum Gasteiger partial charge on any atom is 0.338 e. The molecule has 6 aromatic carbocycles. The number of pyridine rings is 2. The first-order valence-corrected chi connectivity index (χ1v) is 26.4. The van der Waals surface area contributed by atoms with E-state index in [1.807, 2.05) is 48.5 Å². The largest absolute Gasteiger partial charge is 0.478 e. The number of nitrogens with two attached hydrogens (primary N) is 1. The van der Waals surface area contributed by atoms with Crippen molar-refractivity contribution in [3.8, 4) is 22.5 Å². The van der Waals surface area contributed by atoms with Crippen LogP contribution in [0.3, 0.4) is 0 Å². The number of sulfonamides is 2. The standard InChI is InChI=1S/C27H24FN3O3S.C17H14N2O4S.C10H12FN/c1-35(33,34)31-26-23(27(32)30-24(18-14-15-18)19-10-7-11-20(28)16-19)21-12-5-6-13-22(21)29-25(26)17-8-3-2-4-9-17;1-24(22,23)19-16-14(17(20)21)12-9-5-6-10-13(12)18-15(16)11-7-3-2-4-8-11;11-9-3-1-2-8(6-9)10(12)7-4-5-7/h2-13,16,18,24,31H,14-15H2,1H3,(H,30,32);2-10,19H,1H3,(H,20,21);1-3,6-7,10H,4-5,12H2/t24-;;10-/m0.0/s1. The zero-order valence-corrected chi connectivity index (χ0v) is 40.2. The molecule has 17 heteroatoms. The van der Waals surface area contributed by atoms with Crippen molar-refractivity contribution in [2.75, 3.05) is 22.0 Å². The molecule has 6 N–H and O–H groups in total. The first-order valence-electron chi connectivity index (χ1n) is 22.7. The summed E-state index contributed by atoms with van der Waals surface area (Å²) in [6.07, 6.45) is 6.24. The Bertz CT molecular complexity index is 3490. The Balaban J connectivity index is 0.000000161. The van der Waals surface area contributed by atoms with Gasteiger partial charge in [0.05, 0.1) is 63.5 Å². The van der Waals surface area contributed by atoms with E-state index in [0.29, 0.717) is 50.1 Å². The third kappa shape index (κ3) is 12.6. The Morgan fingerprint density at radius 1 is 0.577 bits per heavy atom. The quantitative estimate of drug-likeness (QED) is 0.0738. The summed E-state index contributed by atoms with van der Waals surface area (Å²) in [6.45, 7) is 0. The number of nitrogens with one attached hydrogen (secondary N) is 3. The van der Waals surface area contributed by atoms with Gasteiger partial charge in [-0.1, -0.05) is 121 Å². The van der Waals surface area contributed by atoms with Crippen LogP contribution in [-0.4, -0.2) is 56.3 Å². The van der Waals surface area contributed by atoms with E-state index in [1.165, 1.54) is 37.1 Å². The number of rotatable bonds is 13. The smallest absolute Gasteiger partial charge is 0.338 e. The van der Waals surface area contributed by atoms with Gasteiger partial charge in [-0.2, -0.15) is 0 Å². The van der Waals surface area contributed by atoms with Gasteiger partial charge in [0, 0.05) is 27.9 Å². The third-order valence-electron chi connectivity index (χ3n) is 11.8. The number of carboxylic acid groups (broad SMARTS) is 1. The van der Waals surface area contributed by atoms with Crippen molar-refractivity contribution >= 4 is 65.1 Å². The molecule has 10 rings (SSSR count). The number of anilines is 2. The maximum atomic E-state index is 14.0. The fraction of sp³-hybridized carbons (Fsp3) is 0.185. The molecule has 2 aliphatic rings. The average Bonchev–Trinajstić information content (AvgIpc) is 4.29. The number of carbonyl (C=O) groups is 2. The summed E-state index contributed by atoms with van der Waals surface area (Å²) in [6, 6.07) is 44.3. The van der Waals surface area contributed by atoms with Crippen molar-refractivity contribution in [1.29, 1.82) is 0 Å². The van der Waals surface area contributed by atoms with Crippen LogP contribution in [0.2, 0.25) is 0 Å². The topological polar surface area (TPSA) is 211 Å². The molecule has 2 aliphatic carbocycles. The molecular formula is C54H50F2N6O7S2. The lowest BCUT2D eigenvalue weighted by atomic mass is 9.98. The lowest BCUT2D eigenvalue weighted by Crippen LogP contribution is -2.31. The number of nitrogens with zero attached hydrogens (tertiary/aromatic N) is 2. The van der Waals surface area contributed by atoms with E-state index >= 15 is 0 Å². The Morgan fingerprint density at radius 2 is 1.00 bits per heavy atom. The molecule has 2 heterocycles. The normalized spacial score (nSPS) is 14.2. The Labute approximate surface area is 410 Å². The number of aromatic nitrogens is 2. The van der Waals surface area contributed by atoms with Crippen LogP contribution in [0.1, 0.15) is 69.6 Å². The van der Waals surface area contributed by atoms with Gasteiger partial charge in [0.25, 0.3) is 5.91 Å². The number of hydrogen-bond acceptors (Lipinski definition) is 9. The van der Waals surface area contributed by atoms with Crippen LogP contribution < -0.4 is 20.5 Å². The molecular weight excluding hydrogens is 947 g/mol. The van der Waals surface area contributed by atoms with Crippen molar-refractivity contribution in [2.45, 2.75) is 37.8 Å². The maximum absolute atomic E-state index is 14.0. The Hall–Kier alpha value is -7.60. The molecule has 2 saturated carbocycles. The summed E-state index contributed by atoms with van der Waals surface area (Å²) in [5.74, 6) is -1.46. The number of hydrogen-bond donors (Lipinski definition) is 5. The van der Waals surface area contributed by atoms with Gasteiger partial charge >= 0.3 is 5.97 Å². The highest BCUT2D eigenvalue weighted by Crippen LogP contribution is 2.43. The van der Waals surface area contributed by atoms with Gasteiger partial charge in [0.2, 0.25) is 20.0 Å². The van der Waals surface area contributed by atoms with E-state index in [-0.39, 0.29) is 51.8 Å². The summed E-state index contributed by atoms with van der Waals surface area (Å²) >= 11 is 0. The minimum absolute atomic E-state index is 0.0325. The molecule has 0 bridgehead atoms. The number of carboxylic acids is 1. The zero-order valence-electron chi connectivity index (χ0n) is 38.6. The third-order valence-corrected chi connectivity index (χ3v) is 13.0. The van der Waals surface area contributed by atoms with Crippen LogP contribution in [0, 0.1) is 23.5 Å². The number of fused-ring (bicyclic) bond motifs is 2. The van der Waals surface area contributed by atoms with E-state index in [1.54, 1.807) is 84.9 Å². The summed E-state index contributed by atoms with van der Waals surface area (Å²) in [4.78, 5) is 34.9. The van der Waals surface area contributed by atoms with Crippen molar-refractivity contribution in [3.63, 3.8) is 0 Å². The molecule has 0 aliphatic heterocycles. The van der Waals surface area contributed by atoms with Crippen LogP contribution in [-0.2, 0) is 20.0 Å². The van der Waals surface area contributed by atoms with Gasteiger partial charge < -0.3 is 16.2 Å². The second kappa shape index (κ2) is 21.2. The minimum atomic E-state index is -3.74. The highest BCUT2D eigenvalue weighted by molar-refractivity contribution is 7.92. The lowest BCUT2D eigenvalue weighted by molar-refractivity contribution is 0.0699. The van der Waals surface area contributed by atoms with Crippen LogP contribution in [0.5, 0.6) is 0 Å². The molecule has 0 saturated heterocycles. The predicted molar refractivity (Wildman–Crippen MR) is 274 cm³/mol. The number of benzene rings is 6. The summed E-state index contributed by atoms with van der Waals surface area (Å²) in [5, 5.41) is 13.6. The number of para-hydroxylation sites is 2. The van der Waals surface area contributed by atoms with Crippen LogP contribution in [0.4, 0.5) is 20.2 Å². The SMILES string of the molecule is CS(=O)(=O)Nc1c(-c2ccccc2)nc2ccccc2c1C(=O)N[C@H](c1cccc(F)c1)C1CC1.CS(=O)(=O)Nc1c(-c2ccccc2)nc2ccccc2c1C(=O)O.N[C@H](c1cccc(F)c1)C1CC1. The van der Waals surface area contributed by atoms with Gasteiger partial charge in [-0.15, -0.1) is 0 Å².